The van der Waals surface area contributed by atoms with E-state index in [1.807, 2.05) is 0 Å². The zero-order valence-corrected chi connectivity index (χ0v) is 4.29. The van der Waals surface area contributed by atoms with E-state index in [1.165, 1.54) is 12.2 Å². The second kappa shape index (κ2) is 3.90. The molecule has 0 aliphatic rings. The molecule has 1 N–H and O–H groups in total. The van der Waals surface area contributed by atoms with Crippen molar-refractivity contribution in [1.82, 2.24) is 0 Å². The van der Waals surface area contributed by atoms with Gasteiger partial charge in [-0.1, -0.05) is 12.7 Å². The van der Waals surface area contributed by atoms with Crippen LogP contribution in [0.2, 0.25) is 0 Å². The molecular weight excluding hydrogens is 104 g/mol. The van der Waals surface area contributed by atoms with Crippen molar-refractivity contribution < 1.29 is 9.90 Å². The molecule has 0 aromatic carbocycles. The Labute approximate surface area is 47.5 Å². The van der Waals surface area contributed by atoms with Gasteiger partial charge in [-0.2, -0.15) is 0 Å². The van der Waals surface area contributed by atoms with Crippen LogP contribution < -0.4 is 0 Å². The minimum absolute atomic E-state index is 0.918. The molecule has 0 bridgehead atoms. The molecular formula is C6H6O2. The van der Waals surface area contributed by atoms with E-state index in [2.05, 4.69) is 12.3 Å². The second-order valence-corrected chi connectivity index (χ2v) is 1.05. The summed E-state index contributed by atoms with van der Waals surface area (Å²) in [5.41, 5.74) is 2.37. The summed E-state index contributed by atoms with van der Waals surface area (Å²) in [6.07, 6.45) is 3.80. The summed E-state index contributed by atoms with van der Waals surface area (Å²) in [7, 11) is 0. The Balaban J connectivity index is 3.82. The predicted octanol–water partition coefficient (Wildman–Crippen LogP) is 0.968. The third-order valence-electron chi connectivity index (χ3n) is 0.421. The van der Waals surface area contributed by atoms with Gasteiger partial charge < -0.3 is 5.11 Å². The quantitative estimate of drug-likeness (QED) is 0.326. The molecule has 0 spiro atoms. The fourth-order valence-corrected chi connectivity index (χ4v) is 0.187. The van der Waals surface area contributed by atoms with Gasteiger partial charge in [0.05, 0.1) is 6.08 Å². The summed E-state index contributed by atoms with van der Waals surface area (Å²) in [6.45, 7) is 3.33. The summed E-state index contributed by atoms with van der Waals surface area (Å²) >= 11 is 0. The van der Waals surface area contributed by atoms with E-state index in [-0.39, 0.29) is 0 Å². The predicted molar refractivity (Wildman–Crippen MR) is 30.5 cm³/mol. The Morgan fingerprint density at radius 2 is 2.38 bits per heavy atom. The molecule has 2 nitrogen and oxygen atoms in total. The van der Waals surface area contributed by atoms with Crippen molar-refractivity contribution in [3.05, 3.63) is 30.5 Å². The molecule has 0 rings (SSSR count). The van der Waals surface area contributed by atoms with Crippen LogP contribution in [-0.2, 0) is 4.79 Å². The molecule has 0 atom stereocenters. The standard InChI is InChI=1S/C6H6O2/c1-2-3-4-5-6(7)8/h2-3,5H,1H2,(H,7,8). The van der Waals surface area contributed by atoms with Crippen molar-refractivity contribution in [2.24, 2.45) is 0 Å². The highest BCUT2D eigenvalue weighted by Crippen LogP contribution is 1.67. The molecule has 2 heteroatoms. The largest absolute Gasteiger partial charge is 0.478 e. The molecule has 0 aliphatic carbocycles. The van der Waals surface area contributed by atoms with Gasteiger partial charge in [0.15, 0.2) is 0 Å². The van der Waals surface area contributed by atoms with E-state index in [1.54, 1.807) is 0 Å². The van der Waals surface area contributed by atoms with Gasteiger partial charge in [-0.05, 0) is 6.08 Å². The fourth-order valence-electron chi connectivity index (χ4n) is 0.187. The average Bonchev–Trinajstić information content (AvgIpc) is 1.66. The van der Waals surface area contributed by atoms with Gasteiger partial charge in [-0.25, -0.2) is 4.79 Å². The van der Waals surface area contributed by atoms with Crippen molar-refractivity contribution in [2.45, 2.75) is 0 Å². The molecule has 0 amide bonds. The van der Waals surface area contributed by atoms with Gasteiger partial charge in [0.25, 0.3) is 0 Å². The normalized spacial score (nSPS) is 6.50. The van der Waals surface area contributed by atoms with Crippen molar-refractivity contribution in [3.63, 3.8) is 0 Å². The molecule has 42 valence electrons. The first kappa shape index (κ1) is 6.73. The summed E-state index contributed by atoms with van der Waals surface area (Å²) in [5.74, 6) is -0.997. The highest BCUT2D eigenvalue weighted by molar-refractivity contribution is 5.79. The first-order valence-electron chi connectivity index (χ1n) is 2.04. The minimum atomic E-state index is -0.997. The number of hydrogen-bond acceptors (Lipinski definition) is 1. The van der Waals surface area contributed by atoms with Crippen LogP contribution in [0.1, 0.15) is 0 Å². The van der Waals surface area contributed by atoms with Crippen LogP contribution in [0.5, 0.6) is 0 Å². The number of carboxylic acids is 1. The molecule has 8 heavy (non-hydrogen) atoms. The lowest BCUT2D eigenvalue weighted by atomic mass is 10.5. The summed E-state index contributed by atoms with van der Waals surface area (Å²) in [6, 6.07) is 0. The van der Waals surface area contributed by atoms with Gasteiger partial charge in [0.1, 0.15) is 0 Å². The average molecular weight is 110 g/mol. The number of hydrogen-bond donors (Lipinski definition) is 1. The number of allylic oxidation sites excluding steroid dienone is 1. The number of aliphatic carboxylic acids is 1. The SMILES string of the molecule is C=CC=C=CC(=O)O. The molecule has 0 aliphatic heterocycles. The topological polar surface area (TPSA) is 37.3 Å². The molecule has 0 aromatic rings. The monoisotopic (exact) mass is 110 g/mol. The van der Waals surface area contributed by atoms with Gasteiger partial charge in [-0.3, -0.25) is 0 Å². The Morgan fingerprint density at radius 3 is 2.75 bits per heavy atom. The van der Waals surface area contributed by atoms with Crippen LogP contribution in [0.25, 0.3) is 0 Å². The molecule has 0 fully saturated rings. The molecule has 0 heterocycles. The maximum Gasteiger partial charge on any atom is 0.336 e. The van der Waals surface area contributed by atoms with E-state index in [0.717, 1.165) is 6.08 Å². The Morgan fingerprint density at radius 1 is 1.75 bits per heavy atom. The zero-order chi connectivity index (χ0) is 6.41. The third kappa shape index (κ3) is 4.73. The smallest absolute Gasteiger partial charge is 0.336 e. The number of carboxylic acid groups (broad SMARTS) is 1. The van der Waals surface area contributed by atoms with Crippen LogP contribution in [0.4, 0.5) is 0 Å². The highest BCUT2D eigenvalue weighted by atomic mass is 16.4. The number of carbonyl (C=O) groups is 1. The number of rotatable bonds is 2. The van der Waals surface area contributed by atoms with Gasteiger partial charge in [0, 0.05) is 0 Å². The Hall–Kier alpha value is -1.27. The minimum Gasteiger partial charge on any atom is -0.478 e. The fraction of sp³-hybridized carbons (Fsp3) is 0. The van der Waals surface area contributed by atoms with E-state index >= 15 is 0 Å². The molecule has 0 saturated carbocycles. The highest BCUT2D eigenvalue weighted by Gasteiger charge is 1.77. The zero-order valence-electron chi connectivity index (χ0n) is 4.29. The van der Waals surface area contributed by atoms with E-state index in [9.17, 15) is 4.79 Å². The summed E-state index contributed by atoms with van der Waals surface area (Å²) in [4.78, 5) is 9.70. The molecule has 0 saturated heterocycles. The lowest BCUT2D eigenvalue weighted by Gasteiger charge is -1.67. The van der Waals surface area contributed by atoms with Crippen LogP contribution in [-0.4, -0.2) is 11.1 Å². The summed E-state index contributed by atoms with van der Waals surface area (Å²) < 4.78 is 0. The first-order chi connectivity index (χ1) is 3.77. The van der Waals surface area contributed by atoms with Crippen molar-refractivity contribution in [2.75, 3.05) is 0 Å². The van der Waals surface area contributed by atoms with Gasteiger partial charge in [-0.15, -0.1) is 5.73 Å². The maximum atomic E-state index is 9.70. The van der Waals surface area contributed by atoms with Gasteiger partial charge in [0.2, 0.25) is 0 Å². The van der Waals surface area contributed by atoms with Crippen molar-refractivity contribution in [3.8, 4) is 0 Å². The van der Waals surface area contributed by atoms with Crippen LogP contribution in [0.3, 0.4) is 0 Å². The second-order valence-electron chi connectivity index (χ2n) is 1.05. The van der Waals surface area contributed by atoms with Crippen molar-refractivity contribution >= 4 is 5.97 Å². The maximum absolute atomic E-state index is 9.70. The van der Waals surface area contributed by atoms with Crippen molar-refractivity contribution in [1.29, 1.82) is 0 Å². The third-order valence-corrected chi connectivity index (χ3v) is 0.421. The van der Waals surface area contributed by atoms with E-state index < -0.39 is 5.97 Å². The van der Waals surface area contributed by atoms with E-state index in [0.29, 0.717) is 0 Å². The molecule has 0 radical (unpaired) electrons. The first-order valence-corrected chi connectivity index (χ1v) is 2.04. The Kier molecular flexibility index (Phi) is 3.28. The van der Waals surface area contributed by atoms with Gasteiger partial charge >= 0.3 is 5.97 Å². The van der Waals surface area contributed by atoms with Crippen LogP contribution >= 0.6 is 0 Å². The lowest BCUT2D eigenvalue weighted by Crippen LogP contribution is -1.82. The Bertz CT molecular complexity index is 150. The summed E-state index contributed by atoms with van der Waals surface area (Å²) in [5, 5.41) is 7.97. The molecule has 0 aromatic heterocycles. The van der Waals surface area contributed by atoms with Crippen LogP contribution in [0.15, 0.2) is 30.5 Å². The van der Waals surface area contributed by atoms with Crippen LogP contribution in [0, 0.1) is 0 Å². The lowest BCUT2D eigenvalue weighted by molar-refractivity contribution is -0.131. The molecule has 0 unspecified atom stereocenters. The van der Waals surface area contributed by atoms with E-state index in [4.69, 9.17) is 5.11 Å².